The number of imidazole rings is 1. The maximum Gasteiger partial charge on any atom is 0.259 e. The first kappa shape index (κ1) is 17.4. The maximum absolute atomic E-state index is 13.9. The molecule has 2 aliphatic rings. The summed E-state index contributed by atoms with van der Waals surface area (Å²) >= 11 is 0. The number of aromatic nitrogens is 6. The van der Waals surface area contributed by atoms with Gasteiger partial charge in [-0.15, -0.1) is 0 Å². The van der Waals surface area contributed by atoms with Crippen molar-refractivity contribution in [3.8, 4) is 0 Å². The summed E-state index contributed by atoms with van der Waals surface area (Å²) in [6.07, 6.45) is 8.28. The van der Waals surface area contributed by atoms with Crippen LogP contribution >= 0.6 is 0 Å². The highest BCUT2D eigenvalue weighted by molar-refractivity contribution is 6.07. The molecule has 1 aliphatic carbocycles. The fourth-order valence-corrected chi connectivity index (χ4v) is 4.87. The van der Waals surface area contributed by atoms with Crippen molar-refractivity contribution in [2.75, 3.05) is 6.54 Å². The molecule has 4 aromatic heterocycles. The van der Waals surface area contributed by atoms with E-state index in [4.69, 9.17) is 4.52 Å². The minimum Gasteiger partial charge on any atom is -0.347 e. The van der Waals surface area contributed by atoms with Crippen molar-refractivity contribution >= 4 is 17.0 Å². The van der Waals surface area contributed by atoms with E-state index in [1.165, 1.54) is 0 Å². The maximum atomic E-state index is 13.9. The fourth-order valence-electron chi connectivity index (χ4n) is 4.87. The van der Waals surface area contributed by atoms with Crippen molar-refractivity contribution in [3.05, 3.63) is 58.2 Å². The summed E-state index contributed by atoms with van der Waals surface area (Å²) in [6, 6.07) is 0. The van der Waals surface area contributed by atoms with Gasteiger partial charge in [0, 0.05) is 37.0 Å². The highest BCUT2D eigenvalue weighted by Gasteiger charge is 2.35. The second kappa shape index (κ2) is 6.25. The molecule has 5 heterocycles. The Morgan fingerprint density at radius 1 is 1.33 bits per heavy atom. The van der Waals surface area contributed by atoms with Crippen molar-refractivity contribution in [3.63, 3.8) is 0 Å². The number of aryl methyl sites for hydroxylation is 3. The SMILES string of the molecule is Cc1noc2nc3c(c(C(=O)N4Cc5[nH]cnc5C(c5cnn(C)c5)C4)c12)CCC3. The predicted octanol–water partition coefficient (Wildman–Crippen LogP) is 2.26. The molecule has 6 rings (SSSR count). The minimum atomic E-state index is -0.0217. The third-order valence-corrected chi connectivity index (χ3v) is 6.28. The van der Waals surface area contributed by atoms with E-state index < -0.39 is 0 Å². The van der Waals surface area contributed by atoms with E-state index in [-0.39, 0.29) is 11.8 Å². The van der Waals surface area contributed by atoms with Gasteiger partial charge in [-0.25, -0.2) is 9.97 Å². The Balaban J connectivity index is 1.46. The second-order valence-corrected chi connectivity index (χ2v) is 8.17. The van der Waals surface area contributed by atoms with Crippen molar-refractivity contribution in [1.82, 2.24) is 34.8 Å². The Morgan fingerprint density at radius 3 is 3.07 bits per heavy atom. The molecule has 0 bridgehead atoms. The van der Waals surface area contributed by atoms with E-state index in [2.05, 4.69) is 25.2 Å². The van der Waals surface area contributed by atoms with Gasteiger partial charge in [0.05, 0.1) is 47.1 Å². The molecule has 1 unspecified atom stereocenters. The zero-order chi connectivity index (χ0) is 20.4. The number of rotatable bonds is 2. The number of hydrogen-bond acceptors (Lipinski definition) is 6. The van der Waals surface area contributed by atoms with Crippen LogP contribution in [0.4, 0.5) is 0 Å². The van der Waals surface area contributed by atoms with Crippen molar-refractivity contribution in [2.24, 2.45) is 7.05 Å². The van der Waals surface area contributed by atoms with E-state index in [1.807, 2.05) is 31.3 Å². The summed E-state index contributed by atoms with van der Waals surface area (Å²) in [4.78, 5) is 28.2. The molecule has 30 heavy (non-hydrogen) atoms. The number of aromatic amines is 1. The highest BCUT2D eigenvalue weighted by Crippen LogP contribution is 2.36. The lowest BCUT2D eigenvalue weighted by molar-refractivity contribution is 0.0722. The predicted molar refractivity (Wildman–Crippen MR) is 107 cm³/mol. The summed E-state index contributed by atoms with van der Waals surface area (Å²) < 4.78 is 7.21. The molecule has 0 fully saturated rings. The van der Waals surface area contributed by atoms with Crippen LogP contribution in [-0.2, 0) is 26.4 Å². The van der Waals surface area contributed by atoms with Crippen LogP contribution in [0.2, 0.25) is 0 Å². The van der Waals surface area contributed by atoms with Crippen LogP contribution in [0.5, 0.6) is 0 Å². The molecule has 1 aliphatic heterocycles. The molecular weight excluding hydrogens is 382 g/mol. The summed E-state index contributed by atoms with van der Waals surface area (Å²) in [6.45, 7) is 2.91. The summed E-state index contributed by atoms with van der Waals surface area (Å²) in [7, 11) is 1.90. The molecule has 0 aromatic carbocycles. The number of amides is 1. The van der Waals surface area contributed by atoms with Gasteiger partial charge in [0.25, 0.3) is 11.6 Å². The van der Waals surface area contributed by atoms with Crippen LogP contribution in [-0.4, -0.2) is 47.2 Å². The highest BCUT2D eigenvalue weighted by atomic mass is 16.5. The normalized spacial score (nSPS) is 18.1. The zero-order valence-corrected chi connectivity index (χ0v) is 16.8. The van der Waals surface area contributed by atoms with Gasteiger partial charge < -0.3 is 14.4 Å². The van der Waals surface area contributed by atoms with Crippen molar-refractivity contribution in [1.29, 1.82) is 0 Å². The van der Waals surface area contributed by atoms with Crippen molar-refractivity contribution in [2.45, 2.75) is 38.6 Å². The van der Waals surface area contributed by atoms with Crippen LogP contribution in [0.15, 0.2) is 23.2 Å². The summed E-state index contributed by atoms with van der Waals surface area (Å²) in [5, 5.41) is 9.14. The fraction of sp³-hybridized carbons (Fsp3) is 0.381. The smallest absolute Gasteiger partial charge is 0.259 e. The van der Waals surface area contributed by atoms with Gasteiger partial charge in [-0.1, -0.05) is 5.16 Å². The van der Waals surface area contributed by atoms with Gasteiger partial charge >= 0.3 is 0 Å². The van der Waals surface area contributed by atoms with Crippen molar-refractivity contribution < 1.29 is 9.32 Å². The quantitative estimate of drug-likeness (QED) is 0.550. The van der Waals surface area contributed by atoms with E-state index in [0.717, 1.165) is 52.9 Å². The van der Waals surface area contributed by atoms with Crippen LogP contribution in [0.3, 0.4) is 0 Å². The first-order valence-corrected chi connectivity index (χ1v) is 10.2. The van der Waals surface area contributed by atoms with Gasteiger partial charge in [-0.3, -0.25) is 9.48 Å². The lowest BCUT2D eigenvalue weighted by Gasteiger charge is -2.32. The first-order chi connectivity index (χ1) is 14.6. The number of carbonyl (C=O) groups excluding carboxylic acids is 1. The topological polar surface area (TPSA) is 106 Å². The van der Waals surface area contributed by atoms with Crippen LogP contribution in [0, 0.1) is 6.92 Å². The van der Waals surface area contributed by atoms with E-state index in [1.54, 1.807) is 11.0 Å². The number of pyridine rings is 1. The number of H-pyrrole nitrogens is 1. The molecule has 0 saturated heterocycles. The molecule has 1 atom stereocenters. The molecule has 152 valence electrons. The molecule has 0 saturated carbocycles. The third-order valence-electron chi connectivity index (χ3n) is 6.28. The Morgan fingerprint density at radius 2 is 2.23 bits per heavy atom. The largest absolute Gasteiger partial charge is 0.347 e. The molecular formula is C21H21N7O2. The second-order valence-electron chi connectivity index (χ2n) is 8.17. The van der Waals surface area contributed by atoms with Gasteiger partial charge in [-0.05, 0) is 31.7 Å². The van der Waals surface area contributed by atoms with Crippen LogP contribution in [0.1, 0.15) is 56.6 Å². The molecule has 0 spiro atoms. The monoisotopic (exact) mass is 403 g/mol. The van der Waals surface area contributed by atoms with E-state index >= 15 is 0 Å². The number of fused-ring (bicyclic) bond motifs is 3. The van der Waals surface area contributed by atoms with Gasteiger partial charge in [0.2, 0.25) is 0 Å². The Hall–Kier alpha value is -3.49. The molecule has 9 heteroatoms. The molecule has 1 N–H and O–H groups in total. The zero-order valence-electron chi connectivity index (χ0n) is 16.8. The standard InChI is InChI=1S/C21H21N7O2/c1-11-17-18(13-4-3-5-15(13)25-20(17)30-26-11)21(29)28-8-14(12-6-24-27(2)7-12)19-16(9-28)22-10-23-19/h6-7,10,14H,3-5,8-9H2,1-2H3,(H,22,23). The number of carbonyl (C=O) groups is 1. The van der Waals surface area contributed by atoms with E-state index in [9.17, 15) is 4.79 Å². The Labute approximate surface area is 172 Å². The number of nitrogens with one attached hydrogen (secondary N) is 1. The molecule has 1 amide bonds. The van der Waals surface area contributed by atoms with Gasteiger partial charge in [-0.2, -0.15) is 5.10 Å². The third kappa shape index (κ3) is 2.44. The molecule has 4 aromatic rings. The Kier molecular flexibility index (Phi) is 3.62. The number of nitrogens with zero attached hydrogens (tertiary/aromatic N) is 6. The lowest BCUT2D eigenvalue weighted by Crippen LogP contribution is -2.39. The molecule has 9 nitrogen and oxygen atoms in total. The summed E-state index contributed by atoms with van der Waals surface area (Å²) in [5.41, 5.74) is 6.88. The van der Waals surface area contributed by atoms with Crippen LogP contribution in [0.25, 0.3) is 11.1 Å². The first-order valence-electron chi connectivity index (χ1n) is 10.2. The average molecular weight is 403 g/mol. The summed E-state index contributed by atoms with van der Waals surface area (Å²) in [5.74, 6) is -0.0208. The van der Waals surface area contributed by atoms with Gasteiger partial charge in [0.1, 0.15) is 0 Å². The Bertz CT molecular complexity index is 1300. The van der Waals surface area contributed by atoms with Gasteiger partial charge in [0.15, 0.2) is 0 Å². The minimum absolute atomic E-state index is 0.000917. The number of hydrogen-bond donors (Lipinski definition) is 1. The lowest BCUT2D eigenvalue weighted by atomic mass is 9.92. The van der Waals surface area contributed by atoms with Crippen LogP contribution < -0.4 is 0 Å². The van der Waals surface area contributed by atoms with E-state index in [0.29, 0.717) is 30.1 Å². The average Bonchev–Trinajstić information content (AvgIpc) is 3.52. The molecule has 0 radical (unpaired) electrons.